The van der Waals surface area contributed by atoms with Crippen LogP contribution in [0.25, 0.3) is 0 Å². The first-order valence-corrected chi connectivity index (χ1v) is 11.6. The lowest BCUT2D eigenvalue weighted by Gasteiger charge is -2.29. The van der Waals surface area contributed by atoms with Crippen LogP contribution in [0.2, 0.25) is 0 Å². The summed E-state index contributed by atoms with van der Waals surface area (Å²) in [6.45, 7) is -0.494. The van der Waals surface area contributed by atoms with E-state index in [1.54, 1.807) is 48.5 Å². The highest BCUT2D eigenvalue weighted by Gasteiger charge is 2.37. The summed E-state index contributed by atoms with van der Waals surface area (Å²) in [6.07, 6.45) is -0.285. The number of hydrogen-bond donors (Lipinski definition) is 5. The van der Waals surface area contributed by atoms with Gasteiger partial charge in [0.2, 0.25) is 11.8 Å². The van der Waals surface area contributed by atoms with E-state index in [1.807, 2.05) is 0 Å². The van der Waals surface area contributed by atoms with Crippen molar-refractivity contribution in [3.63, 3.8) is 0 Å². The zero-order valence-corrected chi connectivity index (χ0v) is 19.8. The van der Waals surface area contributed by atoms with Gasteiger partial charge in [-0.15, -0.1) is 0 Å². The first kappa shape index (κ1) is 25.2. The number of carbonyl (C=O) groups is 4. The van der Waals surface area contributed by atoms with Crippen LogP contribution in [0.3, 0.4) is 0 Å². The Hall–Kier alpha value is -4.86. The zero-order valence-electron chi connectivity index (χ0n) is 19.8. The van der Waals surface area contributed by atoms with E-state index in [4.69, 9.17) is 5.73 Å². The number of benzene rings is 3. The average Bonchev–Trinajstić information content (AvgIpc) is 2.95. The van der Waals surface area contributed by atoms with Crippen molar-refractivity contribution >= 4 is 35.1 Å². The number of anilines is 2. The highest BCUT2D eigenvalue weighted by Crippen LogP contribution is 2.27. The molecule has 37 heavy (non-hydrogen) atoms. The number of fused-ring (bicyclic) bond motifs is 1. The number of nitrogens with one attached hydrogen (secondary N) is 2. The van der Waals surface area contributed by atoms with E-state index in [1.165, 1.54) is 24.3 Å². The quantitative estimate of drug-likeness (QED) is 0.295. The molecule has 4 rings (SSSR count). The molecule has 10 heteroatoms. The number of aromatic hydroxyl groups is 1. The van der Waals surface area contributed by atoms with Gasteiger partial charge in [-0.3, -0.25) is 19.2 Å². The number of nitrogens with two attached hydrogens (primary N) is 1. The fourth-order valence-electron chi connectivity index (χ4n) is 4.25. The summed E-state index contributed by atoms with van der Waals surface area (Å²) in [5.74, 6) is -2.75. The smallest absolute Gasteiger partial charge is 0.305 e. The van der Waals surface area contributed by atoms with Crippen molar-refractivity contribution < 1.29 is 29.4 Å². The van der Waals surface area contributed by atoms with Gasteiger partial charge in [0, 0.05) is 12.1 Å². The van der Waals surface area contributed by atoms with Crippen LogP contribution in [0.15, 0.2) is 72.8 Å². The summed E-state index contributed by atoms with van der Waals surface area (Å²) in [4.78, 5) is 52.7. The summed E-state index contributed by atoms with van der Waals surface area (Å²) in [6, 6.07) is 17.4. The highest BCUT2D eigenvalue weighted by molar-refractivity contribution is 6.11. The van der Waals surface area contributed by atoms with Gasteiger partial charge in [0.05, 0.1) is 23.7 Å². The molecule has 3 amide bonds. The van der Waals surface area contributed by atoms with E-state index in [-0.39, 0.29) is 29.8 Å². The fourth-order valence-corrected chi connectivity index (χ4v) is 4.25. The summed E-state index contributed by atoms with van der Waals surface area (Å²) in [5, 5.41) is 24.4. The Morgan fingerprint density at radius 3 is 2.41 bits per heavy atom. The minimum absolute atomic E-state index is 0.0506. The second-order valence-corrected chi connectivity index (χ2v) is 8.74. The first-order valence-electron chi connectivity index (χ1n) is 11.6. The van der Waals surface area contributed by atoms with E-state index < -0.39 is 42.3 Å². The SMILES string of the molecule is Nc1ccc2c(c1)C(=O)N(CC(=O)N[C@@H](CC(=O)O)c1ccccc1)[C@@H](Cc1ccc(O)cc1)C(=O)N2. The maximum Gasteiger partial charge on any atom is 0.305 e. The number of phenolic OH excluding ortho intramolecular Hbond substituents is 1. The van der Waals surface area contributed by atoms with Crippen molar-refractivity contribution in [3.05, 3.63) is 89.5 Å². The minimum Gasteiger partial charge on any atom is -0.508 e. The van der Waals surface area contributed by atoms with Crippen LogP contribution in [-0.4, -0.2) is 51.4 Å². The molecular weight excluding hydrogens is 476 g/mol. The molecule has 0 radical (unpaired) electrons. The number of carboxylic acids is 1. The Labute approximate surface area is 212 Å². The Bertz CT molecular complexity index is 1330. The van der Waals surface area contributed by atoms with Crippen LogP contribution in [-0.2, 0) is 20.8 Å². The lowest BCUT2D eigenvalue weighted by atomic mass is 10.0. The predicted octanol–water partition coefficient (Wildman–Crippen LogP) is 2.31. The largest absolute Gasteiger partial charge is 0.508 e. The van der Waals surface area contributed by atoms with Gasteiger partial charge in [-0.05, 0) is 41.5 Å². The topological polar surface area (TPSA) is 162 Å². The number of carboxylic acid groups (broad SMARTS) is 1. The van der Waals surface area contributed by atoms with Crippen molar-refractivity contribution in [2.75, 3.05) is 17.6 Å². The zero-order chi connectivity index (χ0) is 26.5. The van der Waals surface area contributed by atoms with E-state index in [0.717, 1.165) is 4.90 Å². The van der Waals surface area contributed by atoms with Crippen LogP contribution in [0, 0.1) is 0 Å². The van der Waals surface area contributed by atoms with E-state index in [9.17, 15) is 29.4 Å². The molecule has 1 aliphatic heterocycles. The van der Waals surface area contributed by atoms with Crippen molar-refractivity contribution in [1.82, 2.24) is 10.2 Å². The first-order chi connectivity index (χ1) is 17.7. The minimum atomic E-state index is -1.10. The van der Waals surface area contributed by atoms with Crippen LogP contribution >= 0.6 is 0 Å². The molecule has 6 N–H and O–H groups in total. The third-order valence-electron chi connectivity index (χ3n) is 6.07. The average molecular weight is 503 g/mol. The number of carbonyl (C=O) groups excluding carboxylic acids is 3. The lowest BCUT2D eigenvalue weighted by Crippen LogP contribution is -2.51. The molecule has 0 bridgehead atoms. The number of hydrogen-bond acceptors (Lipinski definition) is 6. The molecule has 2 atom stereocenters. The molecule has 1 aliphatic rings. The molecule has 3 aromatic rings. The maximum atomic E-state index is 13.6. The molecule has 3 aromatic carbocycles. The van der Waals surface area contributed by atoms with Crippen LogP contribution in [0.1, 0.15) is 33.9 Å². The summed E-state index contributed by atoms with van der Waals surface area (Å²) in [7, 11) is 0. The van der Waals surface area contributed by atoms with Crippen LogP contribution in [0.5, 0.6) is 5.75 Å². The Morgan fingerprint density at radius 1 is 1.03 bits per heavy atom. The van der Waals surface area contributed by atoms with Gasteiger partial charge < -0.3 is 31.5 Å². The second-order valence-electron chi connectivity index (χ2n) is 8.74. The van der Waals surface area contributed by atoms with E-state index >= 15 is 0 Å². The maximum absolute atomic E-state index is 13.6. The Kier molecular flexibility index (Phi) is 7.38. The van der Waals surface area contributed by atoms with Crippen molar-refractivity contribution in [1.29, 1.82) is 0 Å². The number of phenols is 1. The van der Waals surface area contributed by atoms with Crippen molar-refractivity contribution in [2.24, 2.45) is 0 Å². The number of aliphatic carboxylic acids is 1. The molecule has 10 nitrogen and oxygen atoms in total. The predicted molar refractivity (Wildman–Crippen MR) is 136 cm³/mol. The van der Waals surface area contributed by atoms with Gasteiger partial charge >= 0.3 is 5.97 Å². The number of nitrogen functional groups attached to an aromatic ring is 1. The molecule has 1 heterocycles. The molecule has 0 saturated heterocycles. The Balaban J connectivity index is 1.65. The molecule has 0 aliphatic carbocycles. The molecule has 190 valence electrons. The van der Waals surface area contributed by atoms with Crippen molar-refractivity contribution in [3.8, 4) is 5.75 Å². The Morgan fingerprint density at radius 2 is 1.73 bits per heavy atom. The van der Waals surface area contributed by atoms with E-state index in [2.05, 4.69) is 10.6 Å². The van der Waals surface area contributed by atoms with Crippen LogP contribution < -0.4 is 16.4 Å². The molecular formula is C27H26N4O6. The molecule has 0 unspecified atom stereocenters. The summed E-state index contributed by atoms with van der Waals surface area (Å²) in [5.41, 5.74) is 7.87. The van der Waals surface area contributed by atoms with Gasteiger partial charge in [-0.1, -0.05) is 42.5 Å². The number of amides is 3. The second kappa shape index (κ2) is 10.8. The molecule has 0 fully saturated rings. The van der Waals surface area contributed by atoms with Gasteiger partial charge in [0.1, 0.15) is 18.3 Å². The fraction of sp³-hybridized carbons (Fsp3) is 0.185. The summed E-state index contributed by atoms with van der Waals surface area (Å²) < 4.78 is 0. The monoisotopic (exact) mass is 502 g/mol. The van der Waals surface area contributed by atoms with Gasteiger partial charge in [0.15, 0.2) is 0 Å². The molecule has 0 saturated carbocycles. The van der Waals surface area contributed by atoms with Gasteiger partial charge in [0.25, 0.3) is 5.91 Å². The van der Waals surface area contributed by atoms with Gasteiger partial charge in [-0.25, -0.2) is 0 Å². The standard InChI is InChI=1S/C27H26N4O6/c28-18-8-11-21-20(13-18)27(37)31(23(26(36)30-21)12-16-6-9-19(32)10-7-16)15-24(33)29-22(14-25(34)35)17-4-2-1-3-5-17/h1-11,13,22-23,32H,12,14-15,28H2,(H,29,33)(H,30,36)(H,34,35)/t22-,23-/m0/s1. The number of rotatable bonds is 8. The summed E-state index contributed by atoms with van der Waals surface area (Å²) >= 11 is 0. The van der Waals surface area contributed by atoms with E-state index in [0.29, 0.717) is 16.8 Å². The van der Waals surface area contributed by atoms with Crippen LogP contribution in [0.4, 0.5) is 11.4 Å². The third kappa shape index (κ3) is 6.04. The molecule has 0 aromatic heterocycles. The lowest BCUT2D eigenvalue weighted by molar-refractivity contribution is -0.137. The molecule has 0 spiro atoms. The third-order valence-corrected chi connectivity index (χ3v) is 6.07. The number of nitrogens with zero attached hydrogens (tertiary/aromatic N) is 1. The van der Waals surface area contributed by atoms with Gasteiger partial charge in [-0.2, -0.15) is 0 Å². The highest BCUT2D eigenvalue weighted by atomic mass is 16.4. The normalized spacial score (nSPS) is 15.8. The van der Waals surface area contributed by atoms with Crippen molar-refractivity contribution in [2.45, 2.75) is 24.9 Å².